The summed E-state index contributed by atoms with van der Waals surface area (Å²) in [6, 6.07) is 18.3. The van der Waals surface area contributed by atoms with Crippen molar-refractivity contribution in [1.29, 1.82) is 0 Å². The van der Waals surface area contributed by atoms with Gasteiger partial charge < -0.3 is 14.7 Å². The molecule has 192 valence electrons. The van der Waals surface area contributed by atoms with Crippen LogP contribution in [-0.4, -0.2) is 40.8 Å². The van der Waals surface area contributed by atoms with Gasteiger partial charge in [-0.15, -0.1) is 0 Å². The molecule has 0 aliphatic carbocycles. The zero-order chi connectivity index (χ0) is 19.9. The molecule has 0 heterocycles. The first kappa shape index (κ1) is 41.1. The van der Waals surface area contributed by atoms with Crippen LogP contribution in [0.15, 0.2) is 60.7 Å². The number of nitrogens with one attached hydrogen (secondary N) is 2. The molecule has 0 fully saturated rings. The smallest absolute Gasteiger partial charge is 0.251 e. The molecule has 0 aliphatic rings. The normalized spacial score (nSPS) is 9.58. The van der Waals surface area contributed by atoms with E-state index in [1.807, 2.05) is 36.4 Å². The summed E-state index contributed by atoms with van der Waals surface area (Å²) in [7, 11) is -4.21. The van der Waals surface area contributed by atoms with Gasteiger partial charge in [0.05, 0.1) is 0 Å². The van der Waals surface area contributed by atoms with Crippen molar-refractivity contribution in [3.05, 3.63) is 71.8 Å². The fourth-order valence-corrected chi connectivity index (χ4v) is 10.5. The van der Waals surface area contributed by atoms with Crippen LogP contribution in [-0.2, 0) is 4.12 Å². The zero-order valence-electron chi connectivity index (χ0n) is 16.4. The number of benzene rings is 2. The van der Waals surface area contributed by atoms with Gasteiger partial charge in [-0.2, -0.15) is 0 Å². The van der Waals surface area contributed by atoms with Crippen molar-refractivity contribution in [3.8, 4) is 0 Å². The molecule has 2 aromatic rings. The summed E-state index contributed by atoms with van der Waals surface area (Å²) in [5.41, 5.74) is 1.29. The maximum absolute atomic E-state index is 12.2. The van der Waals surface area contributed by atoms with Gasteiger partial charge in [-0.3, -0.25) is 9.59 Å². The lowest BCUT2D eigenvalue weighted by Crippen LogP contribution is -2.55. The Balaban J connectivity index is -0.000000436. The Morgan fingerprint density at radius 3 is 1.15 bits per heavy atom. The van der Waals surface area contributed by atoms with E-state index in [1.165, 1.54) is 0 Å². The third-order valence-electron chi connectivity index (χ3n) is 3.97. The molecule has 33 heavy (non-hydrogen) atoms. The highest BCUT2D eigenvalue weighted by atomic mass is 28.4. The van der Waals surface area contributed by atoms with E-state index in [1.54, 1.807) is 24.3 Å². The Bertz CT molecular complexity index is 702. The Hall–Kier alpha value is -2.23. The van der Waals surface area contributed by atoms with E-state index < -0.39 is 16.6 Å². The van der Waals surface area contributed by atoms with Gasteiger partial charge in [0.15, 0.2) is 16.6 Å². The Morgan fingerprint density at radius 1 is 0.606 bits per heavy atom. The van der Waals surface area contributed by atoms with Gasteiger partial charge in [0.1, 0.15) is 0 Å². The van der Waals surface area contributed by atoms with Crippen LogP contribution in [0.4, 0.5) is 0 Å². The van der Waals surface area contributed by atoms with Gasteiger partial charge in [0.25, 0.3) is 11.8 Å². The topological polar surface area (TPSA) is 67.4 Å². The van der Waals surface area contributed by atoms with E-state index in [4.69, 9.17) is 4.12 Å². The van der Waals surface area contributed by atoms with E-state index in [2.05, 4.69) is 36.8 Å². The molecule has 2 aromatic carbocycles. The third kappa shape index (κ3) is 14.5. The molecule has 0 bridgehead atoms. The number of hydrogen-bond donors (Lipinski definition) is 2. The lowest BCUT2D eigenvalue weighted by molar-refractivity contribution is 0.0951. The van der Waals surface area contributed by atoms with Crippen molar-refractivity contribution in [2.75, 3.05) is 12.3 Å². The predicted molar refractivity (Wildman–Crippen MR) is 154 cm³/mol. The molecule has 0 radical (unpaired) electrons. The summed E-state index contributed by atoms with van der Waals surface area (Å²) in [5, 5.41) is 5.97. The second-order valence-electron chi connectivity index (χ2n) is 7.72. The van der Waals surface area contributed by atoms with E-state index in [-0.39, 0.29) is 56.4 Å². The molecular formula is C26H52N2O3Si2. The zero-order valence-corrected chi connectivity index (χ0v) is 18.4. The van der Waals surface area contributed by atoms with Crippen LogP contribution in [0.1, 0.15) is 65.3 Å². The van der Waals surface area contributed by atoms with Crippen LogP contribution in [0.5, 0.6) is 0 Å². The minimum absolute atomic E-state index is 0. The molecule has 2 N–H and O–H groups in total. The Morgan fingerprint density at radius 2 is 0.879 bits per heavy atom. The molecule has 0 saturated carbocycles. The predicted octanol–water partition coefficient (Wildman–Crippen LogP) is 7.17. The van der Waals surface area contributed by atoms with Gasteiger partial charge in [-0.25, -0.2) is 0 Å². The average Bonchev–Trinajstić information content (AvgIpc) is 2.65. The number of carbonyl (C=O) groups excluding carboxylic acids is 2. The number of hydrogen-bond acceptors (Lipinski definition) is 3. The second-order valence-corrected chi connectivity index (χ2v) is 16.3. The van der Waals surface area contributed by atoms with Crippen LogP contribution in [0, 0.1) is 0 Å². The molecule has 5 nitrogen and oxygen atoms in total. The maximum atomic E-state index is 12.2. The molecule has 0 aliphatic heterocycles. The van der Waals surface area contributed by atoms with Gasteiger partial charge in [0.2, 0.25) is 0 Å². The van der Waals surface area contributed by atoms with Crippen molar-refractivity contribution < 1.29 is 13.7 Å². The van der Waals surface area contributed by atoms with Crippen LogP contribution in [0.3, 0.4) is 0 Å². The van der Waals surface area contributed by atoms with Crippen molar-refractivity contribution in [1.82, 2.24) is 10.6 Å². The maximum Gasteiger partial charge on any atom is 0.251 e. The summed E-state index contributed by atoms with van der Waals surface area (Å²) in [6.45, 7) is 8.36. The quantitative estimate of drug-likeness (QED) is 0.381. The molecule has 0 saturated heterocycles. The SMILES string of the molecule is C.C.C.C.C.C.C[Si](C)(CNC(=O)c1ccccc1)O[Si](C)(C)CNC(=O)c1ccccc1. The number of amides is 2. The van der Waals surface area contributed by atoms with E-state index in [0.29, 0.717) is 23.5 Å². The van der Waals surface area contributed by atoms with Gasteiger partial charge >= 0.3 is 0 Å². The number of carbonyl (C=O) groups is 2. The molecular weight excluding hydrogens is 444 g/mol. The summed E-state index contributed by atoms with van der Waals surface area (Å²) in [5.74, 6) is -0.173. The highest BCUT2D eigenvalue weighted by molar-refractivity contribution is 6.85. The monoisotopic (exact) mass is 496 g/mol. The summed E-state index contributed by atoms with van der Waals surface area (Å²) in [4.78, 5) is 24.5. The fraction of sp³-hybridized carbons (Fsp3) is 0.462. The van der Waals surface area contributed by atoms with Gasteiger partial charge in [-0.05, 0) is 50.5 Å². The average molecular weight is 497 g/mol. The Kier molecular flexibility index (Phi) is 22.7. The first-order valence-electron chi connectivity index (χ1n) is 9.05. The van der Waals surface area contributed by atoms with Crippen molar-refractivity contribution in [2.24, 2.45) is 0 Å². The fourth-order valence-electron chi connectivity index (χ4n) is 2.79. The minimum Gasteiger partial charge on any atom is -0.453 e. The van der Waals surface area contributed by atoms with Crippen LogP contribution >= 0.6 is 0 Å². The molecule has 0 aromatic heterocycles. The summed E-state index contributed by atoms with van der Waals surface area (Å²) < 4.78 is 6.45. The van der Waals surface area contributed by atoms with Crippen LogP contribution in [0.25, 0.3) is 0 Å². The Labute approximate surface area is 207 Å². The molecule has 7 heteroatoms. The lowest BCUT2D eigenvalue weighted by atomic mass is 10.2. The molecule has 2 rings (SSSR count). The highest BCUT2D eigenvalue weighted by Crippen LogP contribution is 2.14. The highest BCUT2D eigenvalue weighted by Gasteiger charge is 2.33. The second kappa shape index (κ2) is 18.2. The molecule has 0 atom stereocenters. The minimum atomic E-state index is -2.11. The van der Waals surface area contributed by atoms with E-state index >= 15 is 0 Å². The standard InChI is InChI=1S/C20H28N2O3Si2.6CH4/c1-26(2,15-21-19(23)17-11-7-5-8-12-17)25-27(3,4)16-22-20(24)18-13-9-6-10-14-18;;;;;;/h5-14H,15-16H2,1-4H3,(H,21,23)(H,22,24);6*1H4. The third-order valence-corrected chi connectivity index (χ3v) is 10.5. The van der Waals surface area contributed by atoms with Gasteiger partial charge in [0, 0.05) is 23.5 Å². The van der Waals surface area contributed by atoms with Crippen LogP contribution in [0.2, 0.25) is 26.2 Å². The van der Waals surface area contributed by atoms with Crippen molar-refractivity contribution >= 4 is 28.4 Å². The summed E-state index contributed by atoms with van der Waals surface area (Å²) >= 11 is 0. The van der Waals surface area contributed by atoms with E-state index in [9.17, 15) is 9.59 Å². The van der Waals surface area contributed by atoms with E-state index in [0.717, 1.165) is 0 Å². The van der Waals surface area contributed by atoms with Gasteiger partial charge in [-0.1, -0.05) is 81.0 Å². The largest absolute Gasteiger partial charge is 0.453 e. The van der Waals surface area contributed by atoms with Crippen LogP contribution < -0.4 is 10.6 Å². The summed E-state index contributed by atoms with van der Waals surface area (Å²) in [6.07, 6.45) is 1.06. The first-order chi connectivity index (χ1) is 12.7. The van der Waals surface area contributed by atoms with Crippen molar-refractivity contribution in [3.63, 3.8) is 0 Å². The lowest BCUT2D eigenvalue weighted by Gasteiger charge is -2.34. The van der Waals surface area contributed by atoms with Crippen molar-refractivity contribution in [2.45, 2.75) is 70.7 Å². The molecule has 2 amide bonds. The number of rotatable bonds is 8. The molecule has 0 unspecified atom stereocenters. The first-order valence-corrected chi connectivity index (χ1v) is 15.3. The molecule has 0 spiro atoms.